The number of hydrogen-bond acceptors (Lipinski definition) is 7. The number of aromatic nitrogens is 4. The van der Waals surface area contributed by atoms with Crippen molar-refractivity contribution in [3.63, 3.8) is 0 Å². The fraction of sp³-hybridized carbons (Fsp3) is 0.500. The first-order valence-corrected chi connectivity index (χ1v) is 7.81. The van der Waals surface area contributed by atoms with Crippen molar-refractivity contribution < 1.29 is 4.74 Å². The lowest BCUT2D eigenvalue weighted by Gasteiger charge is -2.37. The normalized spacial score (nSPS) is 15.5. The van der Waals surface area contributed by atoms with Crippen molar-refractivity contribution in [2.75, 3.05) is 37.0 Å². The van der Waals surface area contributed by atoms with E-state index in [2.05, 4.69) is 36.8 Å². The zero-order valence-electron chi connectivity index (χ0n) is 13.8. The summed E-state index contributed by atoms with van der Waals surface area (Å²) < 4.78 is 5.17. The summed E-state index contributed by atoms with van der Waals surface area (Å²) >= 11 is 0. The molecular formula is C16H22N6O. The Balaban J connectivity index is 1.63. The Morgan fingerprint density at radius 2 is 2.00 bits per heavy atom. The van der Waals surface area contributed by atoms with Crippen LogP contribution in [0.1, 0.15) is 18.5 Å². The van der Waals surface area contributed by atoms with E-state index in [9.17, 15) is 0 Å². The third kappa shape index (κ3) is 3.49. The number of rotatable bonds is 4. The summed E-state index contributed by atoms with van der Waals surface area (Å²) in [6.45, 7) is 3.83. The standard InChI is InChI=1S/C16H22N6O/c1-12-10-14(19-11-18-12)21(2)13-5-8-22(9-6-13)16-17-7-4-15(20-16)23-3/h4,7,10-11,13H,5-6,8-9H2,1-3H3. The van der Waals surface area contributed by atoms with Gasteiger partial charge in [0, 0.05) is 50.2 Å². The van der Waals surface area contributed by atoms with Crippen LogP contribution in [0.2, 0.25) is 0 Å². The Bertz CT molecular complexity index is 657. The zero-order chi connectivity index (χ0) is 16.2. The molecule has 1 fully saturated rings. The van der Waals surface area contributed by atoms with Gasteiger partial charge in [-0.25, -0.2) is 15.0 Å². The molecule has 1 aliphatic rings. The van der Waals surface area contributed by atoms with Crippen LogP contribution in [0.15, 0.2) is 24.7 Å². The van der Waals surface area contributed by atoms with Crippen molar-refractivity contribution in [1.82, 2.24) is 19.9 Å². The number of methoxy groups -OCH3 is 1. The fourth-order valence-corrected chi connectivity index (χ4v) is 2.87. The summed E-state index contributed by atoms with van der Waals surface area (Å²) in [5.41, 5.74) is 0.990. The van der Waals surface area contributed by atoms with Crippen LogP contribution in [0.3, 0.4) is 0 Å². The molecule has 7 nitrogen and oxygen atoms in total. The van der Waals surface area contributed by atoms with Gasteiger partial charge in [-0.1, -0.05) is 0 Å². The molecule has 0 aromatic carbocycles. The lowest BCUT2D eigenvalue weighted by molar-refractivity contribution is 0.395. The van der Waals surface area contributed by atoms with Crippen molar-refractivity contribution >= 4 is 11.8 Å². The average molecular weight is 314 g/mol. The molecule has 23 heavy (non-hydrogen) atoms. The molecule has 3 rings (SSSR count). The molecule has 2 aromatic rings. The van der Waals surface area contributed by atoms with Gasteiger partial charge in [-0.05, 0) is 19.8 Å². The summed E-state index contributed by atoms with van der Waals surface area (Å²) in [5.74, 6) is 2.32. The topological polar surface area (TPSA) is 67.3 Å². The molecule has 122 valence electrons. The van der Waals surface area contributed by atoms with Crippen LogP contribution in [0.5, 0.6) is 5.88 Å². The van der Waals surface area contributed by atoms with Crippen LogP contribution < -0.4 is 14.5 Å². The molecule has 3 heterocycles. The monoisotopic (exact) mass is 314 g/mol. The van der Waals surface area contributed by atoms with E-state index >= 15 is 0 Å². The molecule has 0 aliphatic carbocycles. The van der Waals surface area contributed by atoms with E-state index in [1.165, 1.54) is 0 Å². The summed E-state index contributed by atoms with van der Waals surface area (Å²) in [6.07, 6.45) is 5.45. The first-order valence-electron chi connectivity index (χ1n) is 7.81. The maximum Gasteiger partial charge on any atom is 0.228 e. The van der Waals surface area contributed by atoms with Gasteiger partial charge in [-0.15, -0.1) is 0 Å². The van der Waals surface area contributed by atoms with Gasteiger partial charge in [-0.2, -0.15) is 4.98 Å². The van der Waals surface area contributed by atoms with Gasteiger partial charge in [0.05, 0.1) is 7.11 Å². The molecule has 1 saturated heterocycles. The lowest BCUT2D eigenvalue weighted by Crippen LogP contribution is -2.44. The smallest absolute Gasteiger partial charge is 0.228 e. The van der Waals surface area contributed by atoms with E-state index in [1.54, 1.807) is 25.7 Å². The predicted molar refractivity (Wildman–Crippen MR) is 89.0 cm³/mol. The van der Waals surface area contributed by atoms with Gasteiger partial charge >= 0.3 is 0 Å². The van der Waals surface area contributed by atoms with Gasteiger partial charge in [0.25, 0.3) is 0 Å². The first kappa shape index (κ1) is 15.5. The highest BCUT2D eigenvalue weighted by molar-refractivity contribution is 5.40. The van der Waals surface area contributed by atoms with Crippen LogP contribution in [0, 0.1) is 6.92 Å². The highest BCUT2D eigenvalue weighted by Crippen LogP contribution is 2.23. The van der Waals surface area contributed by atoms with E-state index in [1.807, 2.05) is 13.0 Å². The number of piperidine rings is 1. The molecule has 0 radical (unpaired) electrons. The van der Waals surface area contributed by atoms with E-state index < -0.39 is 0 Å². The SMILES string of the molecule is COc1ccnc(N2CCC(N(C)c3cc(C)ncn3)CC2)n1. The largest absolute Gasteiger partial charge is 0.481 e. The molecule has 1 aliphatic heterocycles. The molecule has 0 atom stereocenters. The van der Waals surface area contributed by atoms with E-state index in [4.69, 9.17) is 4.74 Å². The average Bonchev–Trinajstić information content (AvgIpc) is 2.61. The molecule has 0 spiro atoms. The number of nitrogens with zero attached hydrogens (tertiary/aromatic N) is 6. The van der Waals surface area contributed by atoms with Gasteiger partial charge < -0.3 is 14.5 Å². The summed E-state index contributed by atoms with van der Waals surface area (Å²) in [5, 5.41) is 0. The number of hydrogen-bond donors (Lipinski definition) is 0. The van der Waals surface area contributed by atoms with Gasteiger partial charge in [0.1, 0.15) is 12.1 Å². The Kier molecular flexibility index (Phi) is 4.55. The minimum atomic E-state index is 0.464. The minimum Gasteiger partial charge on any atom is -0.481 e. The summed E-state index contributed by atoms with van der Waals surface area (Å²) in [7, 11) is 3.72. The number of anilines is 2. The highest BCUT2D eigenvalue weighted by Gasteiger charge is 2.24. The van der Waals surface area contributed by atoms with Gasteiger partial charge in [0.15, 0.2) is 0 Å². The molecule has 2 aromatic heterocycles. The number of ether oxygens (including phenoxy) is 1. The fourth-order valence-electron chi connectivity index (χ4n) is 2.87. The van der Waals surface area contributed by atoms with Crippen molar-refractivity contribution in [2.45, 2.75) is 25.8 Å². The zero-order valence-corrected chi connectivity index (χ0v) is 13.8. The second-order valence-corrected chi connectivity index (χ2v) is 5.75. The number of aryl methyl sites for hydroxylation is 1. The molecule has 0 N–H and O–H groups in total. The van der Waals surface area contributed by atoms with Crippen molar-refractivity contribution in [3.05, 3.63) is 30.4 Å². The van der Waals surface area contributed by atoms with E-state index in [0.29, 0.717) is 11.9 Å². The van der Waals surface area contributed by atoms with Crippen molar-refractivity contribution in [2.24, 2.45) is 0 Å². The lowest BCUT2D eigenvalue weighted by atomic mass is 10.0. The molecule has 7 heteroatoms. The predicted octanol–water partition coefficient (Wildman–Crippen LogP) is 1.69. The Labute approximate surface area is 136 Å². The third-order valence-corrected chi connectivity index (χ3v) is 4.27. The Morgan fingerprint density at radius 3 is 2.70 bits per heavy atom. The van der Waals surface area contributed by atoms with Crippen LogP contribution in [-0.2, 0) is 0 Å². The Hall–Kier alpha value is -2.44. The van der Waals surface area contributed by atoms with E-state index in [-0.39, 0.29) is 0 Å². The van der Waals surface area contributed by atoms with E-state index in [0.717, 1.165) is 43.4 Å². The first-order chi connectivity index (χ1) is 11.2. The molecule has 0 unspecified atom stereocenters. The Morgan fingerprint density at radius 1 is 1.22 bits per heavy atom. The molecular weight excluding hydrogens is 292 g/mol. The maximum atomic E-state index is 5.17. The third-order valence-electron chi connectivity index (χ3n) is 4.27. The van der Waals surface area contributed by atoms with Crippen LogP contribution in [-0.4, -0.2) is 53.2 Å². The molecule has 0 bridgehead atoms. The van der Waals surface area contributed by atoms with Crippen molar-refractivity contribution in [1.29, 1.82) is 0 Å². The van der Waals surface area contributed by atoms with Crippen LogP contribution >= 0.6 is 0 Å². The quantitative estimate of drug-likeness (QED) is 0.850. The van der Waals surface area contributed by atoms with Crippen LogP contribution in [0.4, 0.5) is 11.8 Å². The van der Waals surface area contributed by atoms with Crippen molar-refractivity contribution in [3.8, 4) is 5.88 Å². The second-order valence-electron chi connectivity index (χ2n) is 5.75. The highest BCUT2D eigenvalue weighted by atomic mass is 16.5. The summed E-state index contributed by atoms with van der Waals surface area (Å²) in [6, 6.07) is 4.25. The minimum absolute atomic E-state index is 0.464. The van der Waals surface area contributed by atoms with Gasteiger partial charge in [-0.3, -0.25) is 0 Å². The molecule has 0 saturated carbocycles. The second kappa shape index (κ2) is 6.76. The van der Waals surface area contributed by atoms with Crippen LogP contribution in [0.25, 0.3) is 0 Å². The van der Waals surface area contributed by atoms with Gasteiger partial charge in [0.2, 0.25) is 11.8 Å². The summed E-state index contributed by atoms with van der Waals surface area (Å²) in [4.78, 5) is 21.8. The maximum absolute atomic E-state index is 5.17. The molecule has 0 amide bonds.